The van der Waals surface area contributed by atoms with Crippen molar-refractivity contribution >= 4 is 29.0 Å². The van der Waals surface area contributed by atoms with Crippen LogP contribution >= 0.6 is 0 Å². The highest BCUT2D eigenvalue weighted by molar-refractivity contribution is 6.09. The summed E-state index contributed by atoms with van der Waals surface area (Å²) in [4.78, 5) is 45.8. The van der Waals surface area contributed by atoms with Crippen molar-refractivity contribution in [3.63, 3.8) is 0 Å². The van der Waals surface area contributed by atoms with Crippen molar-refractivity contribution in [1.29, 1.82) is 0 Å². The number of carbonyl (C=O) groups is 3. The summed E-state index contributed by atoms with van der Waals surface area (Å²) in [5, 5.41) is 0. The van der Waals surface area contributed by atoms with Crippen molar-refractivity contribution in [2.75, 3.05) is 58.5 Å². The number of nitrogens with two attached hydrogens (primary N) is 2. The average Bonchev–Trinajstić information content (AvgIpc) is 3.48. The number of ether oxygens (including phenoxy) is 2. The molecule has 3 amide bonds. The van der Waals surface area contributed by atoms with Crippen molar-refractivity contribution in [1.82, 2.24) is 9.80 Å². The van der Waals surface area contributed by atoms with E-state index in [1.807, 2.05) is 35.2 Å². The van der Waals surface area contributed by atoms with Gasteiger partial charge < -0.3 is 35.6 Å². The van der Waals surface area contributed by atoms with Gasteiger partial charge in [0.15, 0.2) is 0 Å². The van der Waals surface area contributed by atoms with Crippen molar-refractivity contribution in [3.05, 3.63) is 64.9 Å². The second kappa shape index (κ2) is 11.3. The fourth-order valence-corrected chi connectivity index (χ4v) is 6.20. The van der Waals surface area contributed by atoms with Crippen LogP contribution in [0.1, 0.15) is 51.1 Å². The van der Waals surface area contributed by atoms with Gasteiger partial charge in [-0.05, 0) is 54.8 Å². The van der Waals surface area contributed by atoms with Crippen LogP contribution in [0.15, 0.2) is 42.6 Å². The van der Waals surface area contributed by atoms with Gasteiger partial charge in [-0.2, -0.15) is 0 Å². The van der Waals surface area contributed by atoms with Crippen molar-refractivity contribution < 1.29 is 23.9 Å². The molecule has 4 N–H and O–H groups in total. The van der Waals surface area contributed by atoms with Gasteiger partial charge in [-0.15, -0.1) is 0 Å². The molecule has 0 saturated carbocycles. The van der Waals surface area contributed by atoms with Gasteiger partial charge in [0, 0.05) is 63.7 Å². The fraction of sp³-hybridized carbons (Fsp3) is 0.433. The number of fused-ring (bicyclic) bond motifs is 1. The molecule has 0 unspecified atom stereocenters. The Morgan fingerprint density at radius 3 is 2.48 bits per heavy atom. The van der Waals surface area contributed by atoms with Crippen LogP contribution in [-0.4, -0.2) is 81.1 Å². The van der Waals surface area contributed by atoms with Gasteiger partial charge >= 0.3 is 0 Å². The predicted octanol–water partition coefficient (Wildman–Crippen LogP) is 2.22. The summed E-state index contributed by atoms with van der Waals surface area (Å²) >= 11 is 0. The van der Waals surface area contributed by atoms with E-state index in [0.717, 1.165) is 28.8 Å². The molecule has 10 heteroatoms. The SMILES string of the molecule is COCCN1Cc2cccc(C(=O)N3CCC4(CC3)CCN(c3ccc(/C(=C/N)CN)c(OC)c3)C4=O)c2C1=O. The van der Waals surface area contributed by atoms with Gasteiger partial charge in [0.1, 0.15) is 5.75 Å². The molecule has 0 radical (unpaired) electrons. The Balaban J connectivity index is 1.28. The maximum atomic E-state index is 13.7. The molecule has 1 spiro atoms. The molecule has 212 valence electrons. The Labute approximate surface area is 234 Å². The van der Waals surface area contributed by atoms with Gasteiger partial charge in [0.05, 0.1) is 30.3 Å². The molecule has 0 aromatic heterocycles. The summed E-state index contributed by atoms with van der Waals surface area (Å²) in [6, 6.07) is 11.1. The number of benzene rings is 2. The van der Waals surface area contributed by atoms with Crippen molar-refractivity contribution in [2.24, 2.45) is 16.9 Å². The molecule has 3 heterocycles. The zero-order chi connectivity index (χ0) is 28.4. The number of hydrogen-bond acceptors (Lipinski definition) is 7. The Kier molecular flexibility index (Phi) is 7.82. The topological polar surface area (TPSA) is 131 Å². The molecule has 10 nitrogen and oxygen atoms in total. The lowest BCUT2D eigenvalue weighted by Crippen LogP contribution is -2.47. The smallest absolute Gasteiger partial charge is 0.255 e. The number of anilines is 1. The summed E-state index contributed by atoms with van der Waals surface area (Å²) < 4.78 is 10.7. The first-order valence-corrected chi connectivity index (χ1v) is 13.7. The average molecular weight is 548 g/mol. The van der Waals surface area contributed by atoms with Crippen molar-refractivity contribution in [3.8, 4) is 5.75 Å². The summed E-state index contributed by atoms with van der Waals surface area (Å²) in [6.07, 6.45) is 3.36. The zero-order valence-corrected chi connectivity index (χ0v) is 23.2. The van der Waals surface area contributed by atoms with Crippen LogP contribution in [0.25, 0.3) is 5.57 Å². The van der Waals surface area contributed by atoms with Gasteiger partial charge in [-0.1, -0.05) is 12.1 Å². The molecule has 2 aromatic carbocycles. The summed E-state index contributed by atoms with van der Waals surface area (Å²) in [5.41, 5.74) is 15.2. The van der Waals surface area contributed by atoms with Gasteiger partial charge in [0.25, 0.3) is 11.8 Å². The van der Waals surface area contributed by atoms with E-state index in [2.05, 4.69) is 0 Å². The maximum absolute atomic E-state index is 13.7. The second-order valence-electron chi connectivity index (χ2n) is 10.6. The van der Waals surface area contributed by atoms with Crippen LogP contribution < -0.4 is 21.1 Å². The van der Waals surface area contributed by atoms with E-state index >= 15 is 0 Å². The number of methoxy groups -OCH3 is 2. The molecule has 2 aromatic rings. The minimum Gasteiger partial charge on any atom is -0.496 e. The quantitative estimate of drug-likeness (QED) is 0.518. The zero-order valence-electron chi connectivity index (χ0n) is 23.2. The lowest BCUT2D eigenvalue weighted by molar-refractivity contribution is -0.127. The first kappa shape index (κ1) is 27.7. The van der Waals surface area contributed by atoms with Crippen molar-refractivity contribution in [2.45, 2.75) is 25.8 Å². The third-order valence-electron chi connectivity index (χ3n) is 8.59. The standard InChI is InChI=1S/C30H37N5O5/c1-39-15-14-34-19-20-4-3-5-24(26(20)28(34)37)27(36)33-11-8-30(9-12-33)10-13-35(29(30)38)22-6-7-23(21(17-31)18-32)25(16-22)40-2/h3-7,16-17H,8-15,18-19,31-32H2,1-2H3/b21-17+. The highest BCUT2D eigenvalue weighted by Crippen LogP contribution is 2.44. The maximum Gasteiger partial charge on any atom is 0.255 e. The molecule has 0 bridgehead atoms. The molecule has 0 atom stereocenters. The van der Waals surface area contributed by atoms with E-state index in [9.17, 15) is 14.4 Å². The summed E-state index contributed by atoms with van der Waals surface area (Å²) in [6.45, 7) is 3.21. The number of piperidine rings is 1. The molecule has 2 saturated heterocycles. The lowest BCUT2D eigenvalue weighted by Gasteiger charge is -2.38. The molecule has 5 rings (SSSR count). The van der Waals surface area contributed by atoms with Crippen LogP contribution in [0.4, 0.5) is 5.69 Å². The third kappa shape index (κ3) is 4.71. The number of nitrogens with zero attached hydrogens (tertiary/aromatic N) is 3. The van der Waals surface area contributed by atoms with Crippen LogP contribution in [0.5, 0.6) is 5.75 Å². The molecule has 0 aliphatic carbocycles. The first-order chi connectivity index (χ1) is 19.4. The third-order valence-corrected chi connectivity index (χ3v) is 8.59. The number of rotatable bonds is 8. The van der Waals surface area contributed by atoms with E-state index < -0.39 is 5.41 Å². The van der Waals surface area contributed by atoms with Crippen LogP contribution in [0.3, 0.4) is 0 Å². The molecular weight excluding hydrogens is 510 g/mol. The van der Waals surface area contributed by atoms with Gasteiger partial charge in [-0.3, -0.25) is 14.4 Å². The van der Waals surface area contributed by atoms with Gasteiger partial charge in [0.2, 0.25) is 5.91 Å². The molecule has 2 fully saturated rings. The summed E-state index contributed by atoms with van der Waals surface area (Å²) in [7, 11) is 3.19. The molecule has 3 aliphatic heterocycles. The van der Waals surface area contributed by atoms with Crippen LogP contribution in [0.2, 0.25) is 0 Å². The molecule has 3 aliphatic rings. The first-order valence-electron chi connectivity index (χ1n) is 13.7. The Hall–Kier alpha value is -3.89. The molecular formula is C30H37N5O5. The van der Waals surface area contributed by atoms with Crippen LogP contribution in [0, 0.1) is 5.41 Å². The number of amides is 3. The Morgan fingerprint density at radius 2 is 1.80 bits per heavy atom. The lowest BCUT2D eigenvalue weighted by atomic mass is 9.77. The second-order valence-corrected chi connectivity index (χ2v) is 10.6. The number of hydrogen-bond donors (Lipinski definition) is 2. The molecule has 40 heavy (non-hydrogen) atoms. The van der Waals surface area contributed by atoms with Gasteiger partial charge in [-0.25, -0.2) is 0 Å². The van der Waals surface area contributed by atoms with E-state index in [1.54, 1.807) is 30.1 Å². The minimum absolute atomic E-state index is 0.0763. The normalized spacial score (nSPS) is 18.6. The largest absolute Gasteiger partial charge is 0.496 e. The highest BCUT2D eigenvalue weighted by Gasteiger charge is 2.49. The Morgan fingerprint density at radius 1 is 1.05 bits per heavy atom. The van der Waals surface area contributed by atoms with E-state index in [0.29, 0.717) is 69.0 Å². The van der Waals surface area contributed by atoms with E-state index in [4.69, 9.17) is 20.9 Å². The number of carbonyl (C=O) groups excluding carboxylic acids is 3. The fourth-order valence-electron chi connectivity index (χ4n) is 6.20. The Bertz CT molecular complexity index is 1350. The monoisotopic (exact) mass is 547 g/mol. The predicted molar refractivity (Wildman–Crippen MR) is 152 cm³/mol. The number of likely N-dealkylation sites (tertiary alicyclic amines) is 1. The van der Waals surface area contributed by atoms with E-state index in [1.165, 1.54) is 6.20 Å². The minimum atomic E-state index is -0.506. The van der Waals surface area contributed by atoms with Crippen LogP contribution in [-0.2, 0) is 16.1 Å². The highest BCUT2D eigenvalue weighted by atomic mass is 16.5. The van der Waals surface area contributed by atoms with E-state index in [-0.39, 0.29) is 24.3 Å². The summed E-state index contributed by atoms with van der Waals surface area (Å²) in [5.74, 6) is 0.403.